The minimum Gasteiger partial charge on any atom is -0.459 e. The molecule has 0 aliphatic carbocycles. The Balaban J connectivity index is 1.80. The van der Waals surface area contributed by atoms with Crippen molar-refractivity contribution in [1.82, 2.24) is 10.6 Å². The molecular weight excluding hydrogens is 380 g/mol. The molecule has 1 aromatic carbocycles. The average Bonchev–Trinajstić information content (AvgIpc) is 3.18. The fraction of sp³-hybridized carbons (Fsp3) is 0.400. The molecule has 28 heavy (non-hydrogen) atoms. The highest BCUT2D eigenvalue weighted by molar-refractivity contribution is 7.90. The molecule has 2 aromatic rings. The van der Waals surface area contributed by atoms with Crippen molar-refractivity contribution in [1.29, 1.82) is 0 Å². The van der Waals surface area contributed by atoms with Gasteiger partial charge in [-0.3, -0.25) is 9.59 Å². The van der Waals surface area contributed by atoms with Crippen LogP contribution in [0.25, 0.3) is 0 Å². The number of rotatable bonds is 10. The summed E-state index contributed by atoms with van der Waals surface area (Å²) in [5, 5.41) is 5.35. The number of carbonyl (C=O) groups is 2. The van der Waals surface area contributed by atoms with Gasteiger partial charge in [-0.05, 0) is 30.0 Å². The van der Waals surface area contributed by atoms with Gasteiger partial charge in [0.1, 0.15) is 6.04 Å². The van der Waals surface area contributed by atoms with E-state index in [-0.39, 0.29) is 35.6 Å². The first-order chi connectivity index (χ1) is 13.3. The van der Waals surface area contributed by atoms with E-state index in [1.165, 1.54) is 12.3 Å². The first-order valence-electron chi connectivity index (χ1n) is 9.15. The third-order valence-electron chi connectivity index (χ3n) is 4.14. The summed E-state index contributed by atoms with van der Waals surface area (Å²) in [6.45, 7) is 3.85. The monoisotopic (exact) mass is 406 g/mol. The highest BCUT2D eigenvalue weighted by Crippen LogP contribution is 2.08. The summed E-state index contributed by atoms with van der Waals surface area (Å²) < 4.78 is 29.4. The summed E-state index contributed by atoms with van der Waals surface area (Å²) >= 11 is 0. The third kappa shape index (κ3) is 6.84. The van der Waals surface area contributed by atoms with Gasteiger partial charge in [-0.25, -0.2) is 8.42 Å². The molecule has 152 valence electrons. The van der Waals surface area contributed by atoms with E-state index in [4.69, 9.17) is 4.42 Å². The molecular formula is C20H26N2O5S. The fourth-order valence-electron chi connectivity index (χ4n) is 2.67. The van der Waals surface area contributed by atoms with E-state index < -0.39 is 21.8 Å². The van der Waals surface area contributed by atoms with Gasteiger partial charge in [-0.1, -0.05) is 44.2 Å². The predicted octanol–water partition coefficient (Wildman–Crippen LogP) is 2.16. The van der Waals surface area contributed by atoms with Crippen LogP contribution in [-0.4, -0.2) is 38.6 Å². The Morgan fingerprint density at radius 2 is 1.79 bits per heavy atom. The van der Waals surface area contributed by atoms with Gasteiger partial charge < -0.3 is 15.1 Å². The number of hydrogen-bond donors (Lipinski definition) is 2. The van der Waals surface area contributed by atoms with Gasteiger partial charge in [0.25, 0.3) is 5.91 Å². The van der Waals surface area contributed by atoms with Crippen molar-refractivity contribution >= 4 is 21.7 Å². The Morgan fingerprint density at radius 3 is 2.39 bits per heavy atom. The molecule has 0 saturated carbocycles. The SMILES string of the molecule is CC(C)C(NC(=O)c1ccco1)C(=O)NCCCS(=O)(=O)Cc1ccccc1. The van der Waals surface area contributed by atoms with Crippen LogP contribution in [0, 0.1) is 5.92 Å². The maximum atomic E-state index is 12.4. The zero-order chi connectivity index (χ0) is 20.6. The van der Waals surface area contributed by atoms with Gasteiger partial charge in [0.15, 0.2) is 15.6 Å². The quantitative estimate of drug-likeness (QED) is 0.588. The molecule has 2 amide bonds. The number of carbonyl (C=O) groups excluding carboxylic acids is 2. The van der Waals surface area contributed by atoms with Crippen LogP contribution >= 0.6 is 0 Å². The molecule has 2 N–H and O–H groups in total. The molecule has 0 spiro atoms. The van der Waals surface area contributed by atoms with Gasteiger partial charge in [-0.15, -0.1) is 0 Å². The topological polar surface area (TPSA) is 105 Å². The Bertz CT molecular complexity index is 861. The summed E-state index contributed by atoms with van der Waals surface area (Å²) in [6, 6.07) is 11.3. The van der Waals surface area contributed by atoms with Gasteiger partial charge in [-0.2, -0.15) is 0 Å². The van der Waals surface area contributed by atoms with E-state index in [2.05, 4.69) is 10.6 Å². The van der Waals surface area contributed by atoms with Crippen molar-refractivity contribution in [3.63, 3.8) is 0 Å². The van der Waals surface area contributed by atoms with Crippen LogP contribution in [0.15, 0.2) is 53.1 Å². The van der Waals surface area contributed by atoms with E-state index >= 15 is 0 Å². The number of hydrogen-bond acceptors (Lipinski definition) is 5. The lowest BCUT2D eigenvalue weighted by Crippen LogP contribution is -2.49. The summed E-state index contributed by atoms with van der Waals surface area (Å²) in [7, 11) is -3.25. The molecule has 0 fully saturated rings. The molecule has 1 atom stereocenters. The van der Waals surface area contributed by atoms with Crippen molar-refractivity contribution in [2.75, 3.05) is 12.3 Å². The molecule has 0 radical (unpaired) electrons. The third-order valence-corrected chi connectivity index (χ3v) is 5.83. The van der Waals surface area contributed by atoms with E-state index in [1.54, 1.807) is 30.3 Å². The van der Waals surface area contributed by atoms with Crippen molar-refractivity contribution in [2.24, 2.45) is 5.92 Å². The van der Waals surface area contributed by atoms with Crippen LogP contribution in [-0.2, 0) is 20.4 Å². The highest BCUT2D eigenvalue weighted by Gasteiger charge is 2.25. The first-order valence-corrected chi connectivity index (χ1v) is 11.0. The maximum absolute atomic E-state index is 12.4. The first kappa shape index (κ1) is 21.7. The molecule has 2 rings (SSSR count). The smallest absolute Gasteiger partial charge is 0.287 e. The Kier molecular flexibility index (Phi) is 7.80. The summed E-state index contributed by atoms with van der Waals surface area (Å²) in [5.74, 6) is -0.867. The van der Waals surface area contributed by atoms with Crippen LogP contribution < -0.4 is 10.6 Å². The van der Waals surface area contributed by atoms with Crippen LogP contribution in [0.2, 0.25) is 0 Å². The molecule has 0 bridgehead atoms. The average molecular weight is 407 g/mol. The summed E-state index contributed by atoms with van der Waals surface area (Å²) in [6.07, 6.45) is 1.69. The maximum Gasteiger partial charge on any atom is 0.287 e. The van der Waals surface area contributed by atoms with Crippen LogP contribution in [0.3, 0.4) is 0 Å². The van der Waals surface area contributed by atoms with Crippen molar-refractivity contribution < 1.29 is 22.4 Å². The standard InChI is InChI=1S/C20H26N2O5S/c1-15(2)18(22-19(23)17-10-6-12-27-17)20(24)21-11-7-13-28(25,26)14-16-8-4-3-5-9-16/h3-6,8-10,12,15,18H,7,11,13-14H2,1-2H3,(H,21,24)(H,22,23). The predicted molar refractivity (Wildman–Crippen MR) is 106 cm³/mol. The van der Waals surface area contributed by atoms with Gasteiger partial charge in [0.05, 0.1) is 17.8 Å². The largest absolute Gasteiger partial charge is 0.459 e. The lowest BCUT2D eigenvalue weighted by molar-refractivity contribution is -0.123. The van der Waals surface area contributed by atoms with E-state index in [1.807, 2.05) is 19.9 Å². The minimum absolute atomic E-state index is 0.0182. The van der Waals surface area contributed by atoms with Gasteiger partial charge >= 0.3 is 0 Å². The second kappa shape index (κ2) is 10.1. The highest BCUT2D eigenvalue weighted by atomic mass is 32.2. The molecule has 1 unspecified atom stereocenters. The number of furan rings is 1. The molecule has 7 nitrogen and oxygen atoms in total. The summed E-state index contributed by atoms with van der Waals surface area (Å²) in [4.78, 5) is 24.5. The van der Waals surface area contributed by atoms with Crippen LogP contribution in [0.4, 0.5) is 0 Å². The molecule has 8 heteroatoms. The van der Waals surface area contributed by atoms with E-state index in [9.17, 15) is 18.0 Å². The number of sulfone groups is 1. The van der Waals surface area contributed by atoms with Crippen molar-refractivity contribution in [2.45, 2.75) is 32.1 Å². The van der Waals surface area contributed by atoms with Gasteiger partial charge in [0, 0.05) is 6.54 Å². The fourth-order valence-corrected chi connectivity index (χ4v) is 4.10. The molecule has 0 aliphatic heterocycles. The zero-order valence-corrected chi connectivity index (χ0v) is 16.9. The van der Waals surface area contributed by atoms with Crippen LogP contribution in [0.1, 0.15) is 36.4 Å². The summed E-state index contributed by atoms with van der Waals surface area (Å²) in [5.41, 5.74) is 0.743. The molecule has 0 saturated heterocycles. The number of benzene rings is 1. The second-order valence-corrected chi connectivity index (χ2v) is 9.08. The molecule has 0 aliphatic rings. The lowest BCUT2D eigenvalue weighted by Gasteiger charge is -2.21. The minimum atomic E-state index is -3.25. The van der Waals surface area contributed by atoms with Crippen LogP contribution in [0.5, 0.6) is 0 Å². The Morgan fingerprint density at radius 1 is 1.07 bits per heavy atom. The van der Waals surface area contributed by atoms with E-state index in [0.29, 0.717) is 6.42 Å². The second-order valence-electron chi connectivity index (χ2n) is 6.89. The number of nitrogens with one attached hydrogen (secondary N) is 2. The Labute approximate surface area is 165 Å². The Hall–Kier alpha value is -2.61. The molecule has 1 heterocycles. The van der Waals surface area contributed by atoms with Crippen molar-refractivity contribution in [3.05, 3.63) is 60.1 Å². The zero-order valence-electron chi connectivity index (χ0n) is 16.1. The normalized spacial score (nSPS) is 12.5. The molecule has 1 aromatic heterocycles. The van der Waals surface area contributed by atoms with Gasteiger partial charge in [0.2, 0.25) is 5.91 Å². The lowest BCUT2D eigenvalue weighted by atomic mass is 10.0. The van der Waals surface area contributed by atoms with E-state index in [0.717, 1.165) is 5.56 Å². The van der Waals surface area contributed by atoms with Crippen molar-refractivity contribution in [3.8, 4) is 0 Å². The number of amides is 2.